The maximum Gasteiger partial charge on any atom is 0.239 e. The van der Waals surface area contributed by atoms with Gasteiger partial charge in [-0.1, -0.05) is 6.07 Å². The lowest BCUT2D eigenvalue weighted by molar-refractivity contribution is -0.137. The number of nitrogens with zero attached hydrogens (tertiary/aromatic N) is 7. The summed E-state index contributed by atoms with van der Waals surface area (Å²) in [4.78, 5) is 34.9. The van der Waals surface area contributed by atoms with Crippen LogP contribution >= 0.6 is 0 Å². The second kappa shape index (κ2) is 9.28. The Labute approximate surface area is 172 Å². The van der Waals surface area contributed by atoms with Crippen molar-refractivity contribution in [3.8, 4) is 0 Å². The van der Waals surface area contributed by atoms with Gasteiger partial charge in [-0.2, -0.15) is 0 Å². The highest BCUT2D eigenvalue weighted by Gasteiger charge is 2.30. The molecule has 2 aromatic heterocycles. The highest BCUT2D eigenvalue weighted by atomic mass is 16.2. The Morgan fingerprint density at radius 1 is 0.897 bits per heavy atom. The van der Waals surface area contributed by atoms with Crippen molar-refractivity contribution in [1.82, 2.24) is 29.7 Å². The van der Waals surface area contributed by atoms with Gasteiger partial charge in [0.1, 0.15) is 0 Å². The van der Waals surface area contributed by atoms with E-state index in [1.807, 2.05) is 36.2 Å². The van der Waals surface area contributed by atoms with Crippen molar-refractivity contribution in [3.63, 3.8) is 0 Å². The van der Waals surface area contributed by atoms with Crippen molar-refractivity contribution in [2.24, 2.45) is 0 Å². The van der Waals surface area contributed by atoms with E-state index in [2.05, 4.69) is 35.7 Å². The first-order valence-corrected chi connectivity index (χ1v) is 10.4. The molecule has 8 nitrogen and oxygen atoms in total. The third-order valence-corrected chi connectivity index (χ3v) is 5.85. The Morgan fingerprint density at radius 3 is 2.24 bits per heavy atom. The minimum atomic E-state index is -0.0773. The van der Waals surface area contributed by atoms with Crippen LogP contribution in [0.25, 0.3) is 0 Å². The Bertz CT molecular complexity index is 772. The molecule has 0 aliphatic carbocycles. The van der Waals surface area contributed by atoms with E-state index in [9.17, 15) is 4.79 Å². The molecule has 29 heavy (non-hydrogen) atoms. The number of anilines is 1. The molecule has 2 aliphatic heterocycles. The molecular weight excluding hydrogens is 366 g/mol. The molecule has 0 bridgehead atoms. The summed E-state index contributed by atoms with van der Waals surface area (Å²) in [6.45, 7) is 9.68. The van der Waals surface area contributed by atoms with Gasteiger partial charge >= 0.3 is 0 Å². The summed E-state index contributed by atoms with van der Waals surface area (Å²) in [7, 11) is 0. The lowest BCUT2D eigenvalue weighted by Gasteiger charge is -2.41. The number of carbonyl (C=O) groups excluding carboxylic acids is 1. The fraction of sp³-hybridized carbons (Fsp3) is 0.524. The second-order valence-electron chi connectivity index (χ2n) is 7.67. The molecule has 4 rings (SSSR count). The smallest absolute Gasteiger partial charge is 0.239 e. The Kier molecular flexibility index (Phi) is 6.31. The second-order valence-corrected chi connectivity index (χ2v) is 7.67. The molecule has 0 spiro atoms. The molecule has 0 N–H and O–H groups in total. The Balaban J connectivity index is 1.24. The van der Waals surface area contributed by atoms with Crippen LogP contribution in [0.3, 0.4) is 0 Å². The van der Waals surface area contributed by atoms with E-state index in [1.54, 1.807) is 12.4 Å². The van der Waals surface area contributed by atoms with E-state index in [1.165, 1.54) is 0 Å². The van der Waals surface area contributed by atoms with Crippen molar-refractivity contribution in [2.75, 3.05) is 57.3 Å². The van der Waals surface area contributed by atoms with E-state index in [4.69, 9.17) is 0 Å². The van der Waals surface area contributed by atoms with E-state index < -0.39 is 0 Å². The Morgan fingerprint density at radius 2 is 1.59 bits per heavy atom. The number of hydrogen-bond acceptors (Lipinski definition) is 7. The van der Waals surface area contributed by atoms with Gasteiger partial charge in [-0.25, -0.2) is 9.97 Å². The van der Waals surface area contributed by atoms with E-state index >= 15 is 0 Å². The molecule has 2 saturated heterocycles. The third kappa shape index (κ3) is 4.89. The standard InChI is InChI=1S/C21H29N7O/c1-18(26-11-9-25(10-12-26)17-19-5-2-3-6-22-19)20(29)27-13-15-28(16-14-27)21-23-7-4-8-24-21/h2-8,18H,9-17H2,1H3. The molecule has 1 amide bonds. The van der Waals surface area contributed by atoms with E-state index in [-0.39, 0.29) is 11.9 Å². The first-order valence-electron chi connectivity index (χ1n) is 10.4. The highest BCUT2D eigenvalue weighted by molar-refractivity contribution is 5.81. The summed E-state index contributed by atoms with van der Waals surface area (Å²) in [6.07, 6.45) is 5.36. The fourth-order valence-electron chi connectivity index (χ4n) is 4.03. The SMILES string of the molecule is CC(C(=O)N1CCN(c2ncccn2)CC1)N1CCN(Cc2ccccn2)CC1. The summed E-state index contributed by atoms with van der Waals surface area (Å²) in [6, 6.07) is 7.79. The van der Waals surface area contributed by atoms with Crippen LogP contribution in [-0.2, 0) is 11.3 Å². The summed E-state index contributed by atoms with van der Waals surface area (Å²) < 4.78 is 0. The number of carbonyl (C=O) groups is 1. The van der Waals surface area contributed by atoms with Crippen LogP contribution in [0.2, 0.25) is 0 Å². The molecule has 154 valence electrons. The first-order chi connectivity index (χ1) is 14.2. The minimum absolute atomic E-state index is 0.0773. The van der Waals surface area contributed by atoms with E-state index in [0.717, 1.165) is 70.5 Å². The van der Waals surface area contributed by atoms with Gasteiger partial charge in [-0.3, -0.25) is 19.6 Å². The van der Waals surface area contributed by atoms with Gasteiger partial charge < -0.3 is 9.80 Å². The molecule has 2 aliphatic rings. The predicted molar refractivity (Wildman–Crippen MR) is 111 cm³/mol. The van der Waals surface area contributed by atoms with Crippen LogP contribution in [-0.4, -0.2) is 94.0 Å². The third-order valence-electron chi connectivity index (χ3n) is 5.85. The van der Waals surface area contributed by atoms with E-state index in [0.29, 0.717) is 0 Å². The predicted octanol–water partition coefficient (Wildman–Crippen LogP) is 0.727. The van der Waals surface area contributed by atoms with Crippen molar-refractivity contribution < 1.29 is 4.79 Å². The summed E-state index contributed by atoms with van der Waals surface area (Å²) in [5, 5.41) is 0. The molecule has 2 aromatic rings. The summed E-state index contributed by atoms with van der Waals surface area (Å²) in [5.41, 5.74) is 1.10. The quantitative estimate of drug-likeness (QED) is 0.739. The highest BCUT2D eigenvalue weighted by Crippen LogP contribution is 2.14. The Hall–Kier alpha value is -2.58. The van der Waals surface area contributed by atoms with Crippen LogP contribution in [0.1, 0.15) is 12.6 Å². The lowest BCUT2D eigenvalue weighted by atomic mass is 10.1. The number of piperazine rings is 2. The van der Waals surface area contributed by atoms with Crippen LogP contribution < -0.4 is 4.90 Å². The number of rotatable bonds is 5. The molecule has 1 unspecified atom stereocenters. The zero-order chi connectivity index (χ0) is 20.1. The van der Waals surface area contributed by atoms with Crippen molar-refractivity contribution in [2.45, 2.75) is 19.5 Å². The molecule has 4 heterocycles. The first kappa shape index (κ1) is 19.7. The molecule has 0 saturated carbocycles. The molecule has 2 fully saturated rings. The summed E-state index contributed by atoms with van der Waals surface area (Å²) in [5.74, 6) is 0.980. The minimum Gasteiger partial charge on any atom is -0.338 e. The number of aromatic nitrogens is 3. The normalized spacial score (nSPS) is 19.9. The monoisotopic (exact) mass is 395 g/mol. The van der Waals surface area contributed by atoms with Crippen molar-refractivity contribution in [3.05, 3.63) is 48.5 Å². The molecule has 8 heteroatoms. The zero-order valence-electron chi connectivity index (χ0n) is 17.0. The van der Waals surface area contributed by atoms with Crippen molar-refractivity contribution >= 4 is 11.9 Å². The number of amides is 1. The number of pyridine rings is 1. The van der Waals surface area contributed by atoms with Crippen LogP contribution in [0.15, 0.2) is 42.9 Å². The molecule has 0 radical (unpaired) electrons. The topological polar surface area (TPSA) is 68.7 Å². The van der Waals surface area contributed by atoms with Gasteiger partial charge in [0.25, 0.3) is 0 Å². The lowest BCUT2D eigenvalue weighted by Crippen LogP contribution is -2.57. The average Bonchev–Trinajstić information content (AvgIpc) is 2.80. The van der Waals surface area contributed by atoms with Gasteiger partial charge in [0, 0.05) is 77.5 Å². The van der Waals surface area contributed by atoms with Crippen LogP contribution in [0, 0.1) is 0 Å². The number of hydrogen-bond donors (Lipinski definition) is 0. The maximum atomic E-state index is 13.0. The fourth-order valence-corrected chi connectivity index (χ4v) is 4.03. The van der Waals surface area contributed by atoms with Crippen LogP contribution in [0.5, 0.6) is 0 Å². The molecule has 1 atom stereocenters. The maximum absolute atomic E-state index is 13.0. The summed E-state index contributed by atoms with van der Waals surface area (Å²) >= 11 is 0. The molecular formula is C21H29N7O. The van der Waals surface area contributed by atoms with Gasteiger partial charge in [0.2, 0.25) is 11.9 Å². The molecule has 0 aromatic carbocycles. The largest absolute Gasteiger partial charge is 0.338 e. The van der Waals surface area contributed by atoms with Gasteiger partial charge in [0.15, 0.2) is 0 Å². The average molecular weight is 396 g/mol. The zero-order valence-corrected chi connectivity index (χ0v) is 17.0. The van der Waals surface area contributed by atoms with Gasteiger partial charge in [-0.15, -0.1) is 0 Å². The van der Waals surface area contributed by atoms with Crippen molar-refractivity contribution in [1.29, 1.82) is 0 Å². The van der Waals surface area contributed by atoms with Gasteiger partial charge in [0.05, 0.1) is 11.7 Å². The van der Waals surface area contributed by atoms with Gasteiger partial charge in [-0.05, 0) is 25.1 Å². The van der Waals surface area contributed by atoms with Crippen LogP contribution in [0.4, 0.5) is 5.95 Å².